The van der Waals surface area contributed by atoms with E-state index in [1.54, 1.807) is 44.3 Å². The molecule has 0 aromatic heterocycles. The fraction of sp³-hybridized carbons (Fsp3) is 0.350. The van der Waals surface area contributed by atoms with E-state index < -0.39 is 41.3 Å². The van der Waals surface area contributed by atoms with E-state index in [-0.39, 0.29) is 55.2 Å². The Morgan fingerprint density at radius 1 is 1.02 bits per heavy atom. The molecule has 3 N–H and O–H groups in total. The lowest BCUT2D eigenvalue weighted by Gasteiger charge is -2.41. The number of hydrogen-bond acceptors (Lipinski definition) is 7. The largest absolute Gasteiger partial charge is 0.416 e. The molecule has 3 aromatic rings. The Hall–Kier alpha value is -4.99. The van der Waals surface area contributed by atoms with E-state index in [2.05, 4.69) is 16.8 Å². The minimum absolute atomic E-state index is 0. The Morgan fingerprint density at radius 2 is 1.65 bits per heavy atom. The number of amidine groups is 1. The standard InChI is InChI=1S/C38H40F4N6O4.C2H6.H2S/c1-4-48-34(44-29-11-6-5-7-12-29)32(30(43)23-46(3)36(50)24(2)22-47-17-19-52-20-18-47)31(25-13-15-28(39)16-14-25)33(37(48)51)45-35(49)26-9-8-10-27(21-26)38(40,41)42;1-2;/h5-16,21,31,33H,2,4,17-20,22-23,43H2,1,3H3,(H,45,49);1-2H3;1H2/b32-30-,44-34?;;. The number of hydrogen-bond donors (Lipinski definition) is 2. The molecule has 2 unspecified atom stereocenters. The summed E-state index contributed by atoms with van der Waals surface area (Å²) in [7, 11) is 1.56. The van der Waals surface area contributed by atoms with Crippen molar-refractivity contribution in [3.63, 3.8) is 0 Å². The van der Waals surface area contributed by atoms with Crippen LogP contribution in [0.5, 0.6) is 0 Å². The third kappa shape index (κ3) is 11.0. The quantitative estimate of drug-likeness (QED) is 0.192. The number of ether oxygens (including phenoxy) is 1. The molecule has 0 saturated carbocycles. The zero-order chi connectivity index (χ0) is 39.6. The molecule has 2 fully saturated rings. The van der Waals surface area contributed by atoms with Crippen LogP contribution in [-0.4, -0.2) is 97.3 Å². The summed E-state index contributed by atoms with van der Waals surface area (Å²) in [5.74, 6) is -3.46. The molecule has 296 valence electrons. The molecule has 0 radical (unpaired) electrons. The van der Waals surface area contributed by atoms with Crippen molar-refractivity contribution in [2.24, 2.45) is 10.7 Å². The number of piperidine rings is 1. The van der Waals surface area contributed by atoms with E-state index in [4.69, 9.17) is 15.5 Å². The zero-order valence-corrected chi connectivity index (χ0v) is 32.3. The highest BCUT2D eigenvalue weighted by Crippen LogP contribution is 2.38. The van der Waals surface area contributed by atoms with Gasteiger partial charge >= 0.3 is 6.18 Å². The van der Waals surface area contributed by atoms with Gasteiger partial charge in [0.15, 0.2) is 0 Å². The number of benzene rings is 3. The van der Waals surface area contributed by atoms with Gasteiger partial charge < -0.3 is 20.7 Å². The molecule has 2 aliphatic rings. The van der Waals surface area contributed by atoms with Crippen molar-refractivity contribution in [3.8, 4) is 0 Å². The number of rotatable bonds is 10. The van der Waals surface area contributed by atoms with E-state index in [1.165, 1.54) is 40.1 Å². The van der Waals surface area contributed by atoms with E-state index in [9.17, 15) is 31.9 Å². The van der Waals surface area contributed by atoms with Crippen molar-refractivity contribution < 1.29 is 36.7 Å². The second-order valence-electron chi connectivity index (χ2n) is 12.5. The summed E-state index contributed by atoms with van der Waals surface area (Å²) in [6.07, 6.45) is -4.71. The second kappa shape index (κ2) is 20.1. The van der Waals surface area contributed by atoms with Crippen molar-refractivity contribution in [1.29, 1.82) is 0 Å². The molecule has 10 nitrogen and oxygen atoms in total. The van der Waals surface area contributed by atoms with Crippen molar-refractivity contribution in [3.05, 3.63) is 125 Å². The Bertz CT molecular complexity index is 1860. The number of likely N-dealkylation sites (tertiary alicyclic amines) is 1. The first kappa shape index (κ1) is 44.4. The Kier molecular flexibility index (Phi) is 16.2. The smallest absolute Gasteiger partial charge is 0.400 e. The van der Waals surface area contributed by atoms with Crippen LogP contribution in [0.15, 0.2) is 107 Å². The summed E-state index contributed by atoms with van der Waals surface area (Å²) < 4.78 is 60.3. The van der Waals surface area contributed by atoms with Gasteiger partial charge in [0.25, 0.3) is 17.7 Å². The van der Waals surface area contributed by atoms with Crippen LogP contribution < -0.4 is 11.1 Å². The molecule has 3 aromatic carbocycles. The van der Waals surface area contributed by atoms with Gasteiger partial charge in [-0.3, -0.25) is 24.2 Å². The van der Waals surface area contributed by atoms with Crippen molar-refractivity contribution in [2.75, 3.05) is 53.0 Å². The summed E-state index contributed by atoms with van der Waals surface area (Å²) >= 11 is 0. The summed E-state index contributed by atoms with van der Waals surface area (Å²) in [5, 5.41) is 2.65. The lowest BCUT2D eigenvalue weighted by molar-refractivity contribution is -0.137. The number of para-hydroxylation sites is 1. The van der Waals surface area contributed by atoms with Crippen LogP contribution in [0.4, 0.5) is 23.2 Å². The third-order valence-corrected chi connectivity index (χ3v) is 8.87. The summed E-state index contributed by atoms with van der Waals surface area (Å²) in [5.41, 5.74) is 7.10. The first-order valence-corrected chi connectivity index (χ1v) is 17.7. The van der Waals surface area contributed by atoms with Crippen molar-refractivity contribution in [2.45, 2.75) is 38.9 Å². The highest BCUT2D eigenvalue weighted by atomic mass is 32.1. The number of nitrogens with zero attached hydrogens (tertiary/aromatic N) is 4. The number of carbonyl (C=O) groups excluding carboxylic acids is 3. The van der Waals surface area contributed by atoms with Crippen LogP contribution in [0.3, 0.4) is 0 Å². The minimum atomic E-state index is -4.71. The number of nitrogens with one attached hydrogen (secondary N) is 1. The van der Waals surface area contributed by atoms with Gasteiger partial charge in [-0.1, -0.05) is 56.8 Å². The Balaban J connectivity index is 0.00000266. The molecule has 2 atom stereocenters. The lowest BCUT2D eigenvalue weighted by Crippen LogP contribution is -2.59. The summed E-state index contributed by atoms with van der Waals surface area (Å²) in [6.45, 7) is 12.3. The van der Waals surface area contributed by atoms with Crippen LogP contribution >= 0.6 is 13.5 Å². The van der Waals surface area contributed by atoms with Gasteiger partial charge in [-0.2, -0.15) is 26.7 Å². The first-order chi connectivity index (χ1) is 25.8. The van der Waals surface area contributed by atoms with Crippen LogP contribution in [0, 0.1) is 5.82 Å². The molecular weight excluding hydrogens is 737 g/mol. The van der Waals surface area contributed by atoms with Crippen molar-refractivity contribution in [1.82, 2.24) is 20.0 Å². The number of carbonyl (C=O) groups is 3. The first-order valence-electron chi connectivity index (χ1n) is 17.7. The highest BCUT2D eigenvalue weighted by Gasteiger charge is 2.46. The molecule has 0 bridgehead atoms. The Morgan fingerprint density at radius 3 is 2.25 bits per heavy atom. The van der Waals surface area contributed by atoms with Gasteiger partial charge in [0.05, 0.1) is 31.0 Å². The molecule has 0 spiro atoms. The average Bonchev–Trinajstić information content (AvgIpc) is 3.17. The molecule has 55 heavy (non-hydrogen) atoms. The van der Waals surface area contributed by atoms with Gasteiger partial charge in [-0.15, -0.1) is 0 Å². The maximum absolute atomic E-state index is 14.4. The predicted octanol–water partition coefficient (Wildman–Crippen LogP) is 6.02. The monoisotopic (exact) mass is 784 g/mol. The third-order valence-electron chi connectivity index (χ3n) is 8.87. The predicted molar refractivity (Wildman–Crippen MR) is 210 cm³/mol. The average molecular weight is 785 g/mol. The molecule has 2 heterocycles. The number of halogens is 4. The summed E-state index contributed by atoms with van der Waals surface area (Å²) in [4.78, 5) is 51.2. The van der Waals surface area contributed by atoms with Crippen LogP contribution in [0.2, 0.25) is 0 Å². The molecule has 5 rings (SSSR count). The minimum Gasteiger partial charge on any atom is -0.400 e. The lowest BCUT2D eigenvalue weighted by atomic mass is 9.78. The molecule has 0 aliphatic carbocycles. The van der Waals surface area contributed by atoms with Crippen molar-refractivity contribution >= 4 is 42.7 Å². The molecular formula is C40H48F4N6O4S. The number of nitrogens with two attached hydrogens (primary N) is 1. The molecule has 3 amide bonds. The summed E-state index contributed by atoms with van der Waals surface area (Å²) in [6, 6.07) is 16.4. The van der Waals surface area contributed by atoms with E-state index >= 15 is 0 Å². The normalized spacial score (nSPS) is 19.1. The molecule has 2 saturated heterocycles. The SMILES string of the molecule is C=C(CN1CCOCC1)C(=O)N(C)C/C(N)=C1/C(=Nc2ccccc2)N(CC)C(=O)C(NC(=O)c2cccc(C(F)(F)F)c2)C1c1ccc(F)cc1.CC.S. The number of amides is 3. The molecule has 2 aliphatic heterocycles. The van der Waals surface area contributed by atoms with Crippen LogP contribution in [-0.2, 0) is 20.5 Å². The number of alkyl halides is 3. The second-order valence-corrected chi connectivity index (χ2v) is 12.5. The van der Waals surface area contributed by atoms with Gasteiger partial charge in [0, 0.05) is 61.6 Å². The van der Waals surface area contributed by atoms with Crippen LogP contribution in [0.25, 0.3) is 0 Å². The van der Waals surface area contributed by atoms with E-state index in [1.807, 2.05) is 13.8 Å². The maximum atomic E-state index is 14.4. The molecule has 15 heteroatoms. The number of morpholine rings is 1. The number of aliphatic imine (C=N–C) groups is 1. The van der Waals surface area contributed by atoms with Gasteiger partial charge in [0.1, 0.15) is 17.7 Å². The topological polar surface area (TPSA) is 121 Å². The van der Waals surface area contributed by atoms with Gasteiger partial charge in [-0.25, -0.2) is 9.38 Å². The Labute approximate surface area is 326 Å². The maximum Gasteiger partial charge on any atom is 0.416 e. The fourth-order valence-corrected chi connectivity index (χ4v) is 6.28. The van der Waals surface area contributed by atoms with Gasteiger partial charge in [0.2, 0.25) is 0 Å². The fourth-order valence-electron chi connectivity index (χ4n) is 6.28. The van der Waals surface area contributed by atoms with Gasteiger partial charge in [-0.05, 0) is 55.0 Å². The van der Waals surface area contributed by atoms with Crippen LogP contribution in [0.1, 0.15) is 48.2 Å². The number of likely N-dealkylation sites (N-methyl/N-ethyl adjacent to an activating group) is 2. The zero-order valence-electron chi connectivity index (χ0n) is 31.3. The van der Waals surface area contributed by atoms with E-state index in [0.717, 1.165) is 12.1 Å². The van der Waals surface area contributed by atoms with E-state index in [0.29, 0.717) is 55.7 Å². The highest BCUT2D eigenvalue weighted by molar-refractivity contribution is 7.59.